The van der Waals surface area contributed by atoms with Crippen LogP contribution in [0.4, 0.5) is 0 Å². The number of hydrogen-bond donors (Lipinski definition) is 0. The van der Waals surface area contributed by atoms with Crippen LogP contribution in [-0.4, -0.2) is 17.3 Å². The standard InChI is InChI=1S/C9H11NO2/c1-7-4-10(3-2-9(7)11)5-8-6-12-8/h2-4,8H,5-6H2,1H3/t8-/m0/s1. The van der Waals surface area contributed by atoms with E-state index < -0.39 is 0 Å². The van der Waals surface area contributed by atoms with Gasteiger partial charge in [-0.25, -0.2) is 0 Å². The Morgan fingerprint density at radius 1 is 1.75 bits per heavy atom. The molecule has 1 saturated heterocycles. The number of pyridine rings is 1. The Balaban J connectivity index is 2.21. The first kappa shape index (κ1) is 7.55. The van der Waals surface area contributed by atoms with Gasteiger partial charge in [-0.05, 0) is 6.92 Å². The number of hydrogen-bond acceptors (Lipinski definition) is 2. The summed E-state index contributed by atoms with van der Waals surface area (Å²) >= 11 is 0. The average molecular weight is 165 g/mol. The summed E-state index contributed by atoms with van der Waals surface area (Å²) in [6.07, 6.45) is 4.04. The lowest BCUT2D eigenvalue weighted by atomic mass is 10.3. The fourth-order valence-corrected chi connectivity index (χ4v) is 1.17. The Kier molecular flexibility index (Phi) is 1.73. The van der Waals surface area contributed by atoms with Crippen LogP contribution in [0.1, 0.15) is 5.56 Å². The van der Waals surface area contributed by atoms with Gasteiger partial charge in [0.05, 0.1) is 19.3 Å². The largest absolute Gasteiger partial charge is 0.371 e. The molecule has 12 heavy (non-hydrogen) atoms. The van der Waals surface area contributed by atoms with Gasteiger partial charge in [0, 0.05) is 24.0 Å². The molecule has 1 aromatic rings. The van der Waals surface area contributed by atoms with Crippen LogP contribution in [0.3, 0.4) is 0 Å². The van der Waals surface area contributed by atoms with Gasteiger partial charge in [-0.3, -0.25) is 4.79 Å². The van der Waals surface area contributed by atoms with Crippen LogP contribution in [0.15, 0.2) is 23.3 Å². The predicted octanol–water partition coefficient (Wildman–Crippen LogP) is 0.556. The van der Waals surface area contributed by atoms with E-state index in [-0.39, 0.29) is 5.43 Å². The van der Waals surface area contributed by atoms with Gasteiger partial charge in [0.15, 0.2) is 5.43 Å². The van der Waals surface area contributed by atoms with Crippen molar-refractivity contribution in [2.45, 2.75) is 19.6 Å². The highest BCUT2D eigenvalue weighted by molar-refractivity contribution is 5.07. The molecule has 3 heteroatoms. The smallest absolute Gasteiger partial charge is 0.184 e. The minimum absolute atomic E-state index is 0.1000. The quantitative estimate of drug-likeness (QED) is 0.600. The number of rotatable bonds is 2. The molecule has 1 atom stereocenters. The Morgan fingerprint density at radius 3 is 3.08 bits per heavy atom. The van der Waals surface area contributed by atoms with Crippen LogP contribution in [0.2, 0.25) is 0 Å². The summed E-state index contributed by atoms with van der Waals surface area (Å²) in [7, 11) is 0. The molecule has 0 radical (unpaired) electrons. The Hall–Kier alpha value is -1.09. The molecule has 1 aliphatic heterocycles. The van der Waals surface area contributed by atoms with Crippen molar-refractivity contribution in [3.8, 4) is 0 Å². The van der Waals surface area contributed by atoms with Crippen molar-refractivity contribution in [2.75, 3.05) is 6.61 Å². The van der Waals surface area contributed by atoms with Crippen LogP contribution in [0, 0.1) is 6.92 Å². The Bertz CT molecular complexity index is 339. The second-order valence-corrected chi connectivity index (χ2v) is 3.14. The summed E-state index contributed by atoms with van der Waals surface area (Å²) in [6, 6.07) is 1.59. The molecular formula is C9H11NO2. The number of ether oxygens (including phenoxy) is 1. The second-order valence-electron chi connectivity index (χ2n) is 3.14. The monoisotopic (exact) mass is 165 g/mol. The van der Waals surface area contributed by atoms with Gasteiger partial charge in [0.1, 0.15) is 0 Å². The number of aryl methyl sites for hydroxylation is 1. The first-order valence-corrected chi connectivity index (χ1v) is 4.04. The van der Waals surface area contributed by atoms with Crippen molar-refractivity contribution in [3.05, 3.63) is 34.2 Å². The van der Waals surface area contributed by atoms with Gasteiger partial charge in [0.25, 0.3) is 0 Å². The third-order valence-electron chi connectivity index (χ3n) is 1.98. The number of nitrogens with zero attached hydrogens (tertiary/aromatic N) is 1. The Labute approximate surface area is 70.6 Å². The van der Waals surface area contributed by atoms with E-state index in [2.05, 4.69) is 0 Å². The van der Waals surface area contributed by atoms with E-state index in [9.17, 15) is 4.79 Å². The fourth-order valence-electron chi connectivity index (χ4n) is 1.17. The van der Waals surface area contributed by atoms with E-state index in [4.69, 9.17) is 4.74 Å². The van der Waals surface area contributed by atoms with E-state index in [1.54, 1.807) is 12.3 Å². The molecule has 3 nitrogen and oxygen atoms in total. The van der Waals surface area contributed by atoms with Crippen molar-refractivity contribution >= 4 is 0 Å². The highest BCUT2D eigenvalue weighted by Gasteiger charge is 2.22. The zero-order valence-electron chi connectivity index (χ0n) is 6.99. The molecule has 0 unspecified atom stereocenters. The minimum Gasteiger partial charge on any atom is -0.371 e. The highest BCUT2D eigenvalue weighted by atomic mass is 16.6. The molecule has 0 N–H and O–H groups in total. The highest BCUT2D eigenvalue weighted by Crippen LogP contribution is 2.10. The van der Waals surface area contributed by atoms with Crippen LogP contribution < -0.4 is 5.43 Å². The molecule has 0 saturated carbocycles. The normalized spacial score (nSPS) is 20.9. The first-order valence-electron chi connectivity index (χ1n) is 4.04. The van der Waals surface area contributed by atoms with Crippen LogP contribution in [0.5, 0.6) is 0 Å². The summed E-state index contributed by atoms with van der Waals surface area (Å²) < 4.78 is 7.08. The summed E-state index contributed by atoms with van der Waals surface area (Å²) in [5.41, 5.74) is 0.890. The zero-order chi connectivity index (χ0) is 8.55. The molecule has 0 amide bonds. The number of epoxide rings is 1. The summed E-state index contributed by atoms with van der Waals surface area (Å²) in [4.78, 5) is 11.0. The second kappa shape index (κ2) is 2.75. The van der Waals surface area contributed by atoms with Gasteiger partial charge in [-0.2, -0.15) is 0 Å². The van der Waals surface area contributed by atoms with Gasteiger partial charge in [0.2, 0.25) is 0 Å². The van der Waals surface area contributed by atoms with Crippen molar-refractivity contribution in [3.63, 3.8) is 0 Å². The van der Waals surface area contributed by atoms with Crippen molar-refractivity contribution in [1.29, 1.82) is 0 Å². The lowest BCUT2D eigenvalue weighted by Gasteiger charge is -2.03. The van der Waals surface area contributed by atoms with Crippen molar-refractivity contribution in [1.82, 2.24) is 4.57 Å². The van der Waals surface area contributed by atoms with Gasteiger partial charge in [-0.1, -0.05) is 0 Å². The molecule has 1 fully saturated rings. The maximum atomic E-state index is 11.0. The third-order valence-corrected chi connectivity index (χ3v) is 1.98. The van der Waals surface area contributed by atoms with Gasteiger partial charge in [-0.15, -0.1) is 0 Å². The molecular weight excluding hydrogens is 154 g/mol. The van der Waals surface area contributed by atoms with E-state index in [1.165, 1.54) is 0 Å². The first-order chi connectivity index (χ1) is 5.75. The van der Waals surface area contributed by atoms with E-state index in [0.717, 1.165) is 18.7 Å². The summed E-state index contributed by atoms with van der Waals surface area (Å²) in [5, 5.41) is 0. The van der Waals surface area contributed by atoms with Crippen LogP contribution in [0.25, 0.3) is 0 Å². The molecule has 0 aliphatic carbocycles. The summed E-state index contributed by atoms with van der Waals surface area (Å²) in [5.74, 6) is 0. The van der Waals surface area contributed by atoms with Crippen LogP contribution in [-0.2, 0) is 11.3 Å². The molecule has 64 valence electrons. The SMILES string of the molecule is Cc1cn(C[C@H]2CO2)ccc1=O. The maximum Gasteiger partial charge on any atom is 0.184 e. The average Bonchev–Trinajstić information content (AvgIpc) is 2.81. The zero-order valence-corrected chi connectivity index (χ0v) is 6.99. The van der Waals surface area contributed by atoms with Crippen LogP contribution >= 0.6 is 0 Å². The third kappa shape index (κ3) is 1.56. The minimum atomic E-state index is 0.1000. The number of aromatic nitrogens is 1. The van der Waals surface area contributed by atoms with Crippen molar-refractivity contribution < 1.29 is 4.74 Å². The van der Waals surface area contributed by atoms with Gasteiger partial charge >= 0.3 is 0 Å². The maximum absolute atomic E-state index is 11.0. The predicted molar refractivity (Wildman–Crippen MR) is 45.2 cm³/mol. The fraction of sp³-hybridized carbons (Fsp3) is 0.444. The molecule has 2 heterocycles. The lowest BCUT2D eigenvalue weighted by molar-refractivity contribution is 0.382. The molecule has 0 spiro atoms. The van der Waals surface area contributed by atoms with E-state index in [1.807, 2.05) is 17.7 Å². The van der Waals surface area contributed by atoms with E-state index >= 15 is 0 Å². The molecule has 1 aliphatic rings. The molecule has 0 bridgehead atoms. The van der Waals surface area contributed by atoms with Gasteiger partial charge < -0.3 is 9.30 Å². The Morgan fingerprint density at radius 2 is 2.50 bits per heavy atom. The topological polar surface area (TPSA) is 34.5 Å². The van der Waals surface area contributed by atoms with Crippen molar-refractivity contribution in [2.24, 2.45) is 0 Å². The summed E-state index contributed by atoms with van der Waals surface area (Å²) in [6.45, 7) is 3.54. The molecule has 2 rings (SSSR count). The van der Waals surface area contributed by atoms with E-state index in [0.29, 0.717) is 6.10 Å². The molecule has 1 aromatic heterocycles. The molecule has 0 aromatic carbocycles. The lowest BCUT2D eigenvalue weighted by Crippen LogP contribution is -2.10.